The smallest absolute Gasteiger partial charge is 0.144 e. The summed E-state index contributed by atoms with van der Waals surface area (Å²) in [6, 6.07) is 10.3. The van der Waals surface area contributed by atoms with Crippen molar-refractivity contribution in [1.29, 1.82) is 0 Å². The molecular formula is C14H15BrN2S. The second kappa shape index (κ2) is 5.76. The van der Waals surface area contributed by atoms with E-state index >= 15 is 0 Å². The summed E-state index contributed by atoms with van der Waals surface area (Å²) in [6.07, 6.45) is 0.775. The number of rotatable bonds is 3. The minimum Gasteiger partial charge on any atom is -0.346 e. The van der Waals surface area contributed by atoms with E-state index in [1.807, 2.05) is 18.2 Å². The van der Waals surface area contributed by atoms with Gasteiger partial charge in [0.05, 0.1) is 4.47 Å². The van der Waals surface area contributed by atoms with Gasteiger partial charge in [-0.05, 0) is 27.4 Å². The molecule has 0 amide bonds. The molecular weight excluding hydrogens is 308 g/mol. The number of aromatic amines is 1. The average Bonchev–Trinajstić information content (AvgIpc) is 2.34. The molecule has 1 heterocycles. The second-order valence-electron chi connectivity index (χ2n) is 4.53. The summed E-state index contributed by atoms with van der Waals surface area (Å²) in [7, 11) is 0. The summed E-state index contributed by atoms with van der Waals surface area (Å²) in [4.78, 5) is 7.80. The van der Waals surface area contributed by atoms with Crippen LogP contribution in [0.4, 0.5) is 0 Å². The van der Waals surface area contributed by atoms with E-state index in [4.69, 9.17) is 12.2 Å². The van der Waals surface area contributed by atoms with Crippen LogP contribution in [0.1, 0.15) is 36.8 Å². The summed E-state index contributed by atoms with van der Waals surface area (Å²) in [6.45, 7) is 4.27. The lowest BCUT2D eigenvalue weighted by atomic mass is 10.1. The average molecular weight is 323 g/mol. The maximum Gasteiger partial charge on any atom is 0.144 e. The Kier molecular flexibility index (Phi) is 4.30. The van der Waals surface area contributed by atoms with Gasteiger partial charge in [0.2, 0.25) is 0 Å². The number of hydrogen-bond donors (Lipinski definition) is 1. The van der Waals surface area contributed by atoms with Crippen molar-refractivity contribution < 1.29 is 0 Å². The lowest BCUT2D eigenvalue weighted by Gasteiger charge is -2.11. The molecule has 0 atom stereocenters. The lowest BCUT2D eigenvalue weighted by Crippen LogP contribution is -2.04. The van der Waals surface area contributed by atoms with Gasteiger partial charge in [0, 0.05) is 12.1 Å². The van der Waals surface area contributed by atoms with E-state index in [9.17, 15) is 0 Å². The number of aromatic nitrogens is 2. The van der Waals surface area contributed by atoms with Gasteiger partial charge < -0.3 is 4.98 Å². The van der Waals surface area contributed by atoms with Crippen molar-refractivity contribution in [3.63, 3.8) is 0 Å². The number of benzene rings is 1. The first-order chi connectivity index (χ1) is 8.58. The first-order valence-electron chi connectivity index (χ1n) is 5.90. The molecule has 0 bridgehead atoms. The van der Waals surface area contributed by atoms with Crippen LogP contribution in [0, 0.1) is 4.64 Å². The minimum atomic E-state index is 0.388. The van der Waals surface area contributed by atoms with Crippen LogP contribution in [0.15, 0.2) is 34.8 Å². The zero-order chi connectivity index (χ0) is 13.1. The van der Waals surface area contributed by atoms with E-state index in [2.05, 4.69) is 51.9 Å². The van der Waals surface area contributed by atoms with Gasteiger partial charge in [-0.1, -0.05) is 56.4 Å². The molecule has 2 rings (SSSR count). The molecule has 2 aromatic rings. The second-order valence-corrected chi connectivity index (χ2v) is 5.71. The first kappa shape index (κ1) is 13.4. The molecule has 2 nitrogen and oxygen atoms in total. The van der Waals surface area contributed by atoms with Crippen LogP contribution < -0.4 is 0 Å². The molecule has 0 radical (unpaired) electrons. The Labute approximate surface area is 121 Å². The van der Waals surface area contributed by atoms with Crippen LogP contribution in [0.3, 0.4) is 0 Å². The van der Waals surface area contributed by atoms with Gasteiger partial charge in [-0.3, -0.25) is 0 Å². The van der Waals surface area contributed by atoms with E-state index < -0.39 is 0 Å². The molecule has 0 unspecified atom stereocenters. The van der Waals surface area contributed by atoms with Gasteiger partial charge in [-0.25, -0.2) is 4.98 Å². The fourth-order valence-corrected chi connectivity index (χ4v) is 2.66. The fraction of sp³-hybridized carbons (Fsp3) is 0.286. The summed E-state index contributed by atoms with van der Waals surface area (Å²) in [5.74, 6) is 1.30. The van der Waals surface area contributed by atoms with Crippen molar-refractivity contribution in [2.24, 2.45) is 0 Å². The molecule has 94 valence electrons. The molecule has 0 aliphatic rings. The number of halogens is 1. The number of nitrogens with zero attached hydrogens (tertiary/aromatic N) is 1. The molecule has 1 aromatic heterocycles. The van der Waals surface area contributed by atoms with Crippen LogP contribution in [-0.2, 0) is 6.42 Å². The van der Waals surface area contributed by atoms with Gasteiger partial charge >= 0.3 is 0 Å². The van der Waals surface area contributed by atoms with Crippen molar-refractivity contribution in [3.05, 3.63) is 56.5 Å². The molecule has 0 aliphatic heterocycles. The Morgan fingerprint density at radius 2 is 1.94 bits per heavy atom. The predicted octanol–water partition coefficient (Wildman–Crippen LogP) is 4.62. The van der Waals surface area contributed by atoms with Gasteiger partial charge in [0.15, 0.2) is 0 Å². The Morgan fingerprint density at radius 1 is 1.28 bits per heavy atom. The normalized spacial score (nSPS) is 10.9. The molecule has 0 saturated carbocycles. The van der Waals surface area contributed by atoms with Crippen LogP contribution in [-0.4, -0.2) is 9.97 Å². The van der Waals surface area contributed by atoms with Crippen molar-refractivity contribution in [2.75, 3.05) is 0 Å². The molecule has 18 heavy (non-hydrogen) atoms. The Balaban J connectivity index is 2.38. The quantitative estimate of drug-likeness (QED) is 0.835. The highest BCUT2D eigenvalue weighted by Gasteiger charge is 2.09. The number of hydrogen-bond acceptors (Lipinski definition) is 2. The van der Waals surface area contributed by atoms with E-state index in [-0.39, 0.29) is 0 Å². The monoisotopic (exact) mass is 322 g/mol. The molecule has 0 spiro atoms. The standard InChI is InChI=1S/C14H15BrN2S/c1-9(2)13-12(15)14(18)17-11(16-13)8-10-6-4-3-5-7-10/h3-7,9H,8H2,1-2H3,(H,16,17,18). The number of nitrogens with one attached hydrogen (secondary N) is 1. The fourth-order valence-electron chi connectivity index (χ4n) is 1.80. The van der Waals surface area contributed by atoms with E-state index in [1.165, 1.54) is 5.56 Å². The van der Waals surface area contributed by atoms with Gasteiger partial charge in [-0.15, -0.1) is 0 Å². The third-order valence-electron chi connectivity index (χ3n) is 2.73. The van der Waals surface area contributed by atoms with Gasteiger partial charge in [0.25, 0.3) is 0 Å². The molecule has 1 N–H and O–H groups in total. The third-order valence-corrected chi connectivity index (χ3v) is 4.09. The van der Waals surface area contributed by atoms with Crippen LogP contribution in [0.2, 0.25) is 0 Å². The SMILES string of the molecule is CC(C)c1[nH]c(Cc2ccccc2)nc(=S)c1Br. The molecule has 0 fully saturated rings. The maximum absolute atomic E-state index is 5.29. The van der Waals surface area contributed by atoms with E-state index in [1.54, 1.807) is 0 Å². The van der Waals surface area contributed by atoms with E-state index in [0.717, 1.165) is 22.4 Å². The Morgan fingerprint density at radius 3 is 2.56 bits per heavy atom. The highest BCUT2D eigenvalue weighted by molar-refractivity contribution is 9.10. The molecule has 4 heteroatoms. The van der Waals surface area contributed by atoms with Crippen molar-refractivity contribution in [3.8, 4) is 0 Å². The molecule has 0 saturated heterocycles. The van der Waals surface area contributed by atoms with Crippen molar-refractivity contribution in [1.82, 2.24) is 9.97 Å². The summed E-state index contributed by atoms with van der Waals surface area (Å²) >= 11 is 8.79. The Bertz CT molecular complexity index is 590. The van der Waals surface area contributed by atoms with E-state index in [0.29, 0.717) is 10.6 Å². The maximum atomic E-state index is 5.29. The van der Waals surface area contributed by atoms with Crippen LogP contribution in [0.5, 0.6) is 0 Å². The first-order valence-corrected chi connectivity index (χ1v) is 7.10. The largest absolute Gasteiger partial charge is 0.346 e. The van der Waals surface area contributed by atoms with Crippen LogP contribution >= 0.6 is 28.1 Å². The van der Waals surface area contributed by atoms with Gasteiger partial charge in [0.1, 0.15) is 10.5 Å². The Hall–Kier alpha value is -1.00. The van der Waals surface area contributed by atoms with Gasteiger partial charge in [-0.2, -0.15) is 0 Å². The molecule has 1 aromatic carbocycles. The van der Waals surface area contributed by atoms with Crippen molar-refractivity contribution in [2.45, 2.75) is 26.2 Å². The molecule has 0 aliphatic carbocycles. The van der Waals surface area contributed by atoms with Crippen molar-refractivity contribution >= 4 is 28.1 Å². The van der Waals surface area contributed by atoms with Crippen LogP contribution in [0.25, 0.3) is 0 Å². The summed E-state index contributed by atoms with van der Waals surface area (Å²) in [5.41, 5.74) is 2.34. The third kappa shape index (κ3) is 3.06. The zero-order valence-corrected chi connectivity index (χ0v) is 12.8. The minimum absolute atomic E-state index is 0.388. The highest BCUT2D eigenvalue weighted by Crippen LogP contribution is 2.23. The number of H-pyrrole nitrogens is 1. The highest BCUT2D eigenvalue weighted by atomic mass is 79.9. The summed E-state index contributed by atoms with van der Waals surface area (Å²) < 4.78 is 1.53. The summed E-state index contributed by atoms with van der Waals surface area (Å²) in [5, 5.41) is 0. The zero-order valence-electron chi connectivity index (χ0n) is 10.4. The predicted molar refractivity (Wildman–Crippen MR) is 80.5 cm³/mol. The lowest BCUT2D eigenvalue weighted by molar-refractivity contribution is 0.780. The topological polar surface area (TPSA) is 28.7 Å².